The van der Waals surface area contributed by atoms with Crippen LogP contribution in [0.1, 0.15) is 29.8 Å². The molecule has 33 heavy (non-hydrogen) atoms. The molecule has 3 aromatic carbocycles. The second-order valence-electron chi connectivity index (χ2n) is 7.76. The first-order valence-electron chi connectivity index (χ1n) is 11.3. The smallest absolute Gasteiger partial charge is 0.195 e. The van der Waals surface area contributed by atoms with Crippen LogP contribution in [0.25, 0.3) is 20.5 Å². The number of fused-ring (bicyclic) bond motifs is 1. The Morgan fingerprint density at radius 3 is 2.27 bits per heavy atom. The van der Waals surface area contributed by atoms with Gasteiger partial charge in [0.05, 0.1) is 7.11 Å². The van der Waals surface area contributed by atoms with Crippen molar-refractivity contribution in [1.82, 2.24) is 4.90 Å². The minimum absolute atomic E-state index is 0.0139. The van der Waals surface area contributed by atoms with Gasteiger partial charge in [0.25, 0.3) is 0 Å². The van der Waals surface area contributed by atoms with Gasteiger partial charge in [0.15, 0.2) is 5.78 Å². The number of hydrogen-bond donors (Lipinski definition) is 0. The Hall–Kier alpha value is -3.15. The van der Waals surface area contributed by atoms with Gasteiger partial charge in [-0.3, -0.25) is 4.79 Å². The number of rotatable bonds is 10. The van der Waals surface area contributed by atoms with Crippen LogP contribution >= 0.6 is 11.3 Å². The lowest BCUT2D eigenvalue weighted by Gasteiger charge is -2.18. The average Bonchev–Trinajstić information content (AvgIpc) is 3.26. The van der Waals surface area contributed by atoms with Crippen LogP contribution in [0.4, 0.5) is 0 Å². The van der Waals surface area contributed by atoms with Crippen LogP contribution in [0.5, 0.6) is 11.5 Å². The van der Waals surface area contributed by atoms with Crippen LogP contribution < -0.4 is 9.47 Å². The fourth-order valence-corrected chi connectivity index (χ4v) is 5.14. The molecule has 0 aliphatic carbocycles. The predicted molar refractivity (Wildman–Crippen MR) is 137 cm³/mol. The van der Waals surface area contributed by atoms with E-state index in [1.165, 1.54) is 0 Å². The molecule has 0 amide bonds. The Morgan fingerprint density at radius 1 is 0.909 bits per heavy atom. The van der Waals surface area contributed by atoms with Crippen molar-refractivity contribution in [2.24, 2.45) is 0 Å². The molecule has 0 unspecified atom stereocenters. The second-order valence-corrected chi connectivity index (χ2v) is 8.82. The first-order valence-corrected chi connectivity index (χ1v) is 12.1. The molecule has 0 spiro atoms. The summed E-state index contributed by atoms with van der Waals surface area (Å²) in [6, 6.07) is 23.5. The van der Waals surface area contributed by atoms with Crippen LogP contribution in [0, 0.1) is 0 Å². The second kappa shape index (κ2) is 10.6. The van der Waals surface area contributed by atoms with E-state index in [2.05, 4.69) is 18.7 Å². The first-order chi connectivity index (χ1) is 16.1. The molecule has 4 rings (SSSR count). The number of benzene rings is 3. The Labute approximate surface area is 199 Å². The van der Waals surface area contributed by atoms with Crippen molar-refractivity contribution >= 4 is 27.2 Å². The Bertz CT molecular complexity index is 1210. The SMILES string of the molecule is CCN(CC)CCOc1ccc(C(=O)c2c(-c3ccccc3)sc3cc(OC)ccc23)cc1. The van der Waals surface area contributed by atoms with Crippen molar-refractivity contribution in [3.05, 3.63) is 83.9 Å². The van der Waals surface area contributed by atoms with Crippen molar-refractivity contribution in [1.29, 1.82) is 0 Å². The summed E-state index contributed by atoms with van der Waals surface area (Å²) < 4.78 is 12.3. The van der Waals surface area contributed by atoms with Gasteiger partial charge < -0.3 is 14.4 Å². The summed E-state index contributed by atoms with van der Waals surface area (Å²) in [6.45, 7) is 7.84. The van der Waals surface area contributed by atoms with Crippen LogP contribution in [-0.4, -0.2) is 44.0 Å². The first kappa shape index (κ1) is 23.0. The summed E-state index contributed by atoms with van der Waals surface area (Å²) in [5.74, 6) is 1.58. The summed E-state index contributed by atoms with van der Waals surface area (Å²) in [5, 5.41) is 0.948. The van der Waals surface area contributed by atoms with Gasteiger partial charge >= 0.3 is 0 Å². The summed E-state index contributed by atoms with van der Waals surface area (Å²) in [7, 11) is 1.66. The quantitative estimate of drug-likeness (QED) is 0.253. The van der Waals surface area contributed by atoms with E-state index in [0.717, 1.165) is 57.2 Å². The maximum absolute atomic E-state index is 13.7. The highest BCUT2D eigenvalue weighted by Crippen LogP contribution is 2.41. The van der Waals surface area contributed by atoms with Crippen molar-refractivity contribution in [2.45, 2.75) is 13.8 Å². The van der Waals surface area contributed by atoms with E-state index < -0.39 is 0 Å². The molecule has 0 bridgehead atoms. The number of hydrogen-bond acceptors (Lipinski definition) is 5. The van der Waals surface area contributed by atoms with Crippen molar-refractivity contribution in [3.8, 4) is 21.9 Å². The standard InChI is InChI=1S/C28H29NO3S/c1-4-29(5-2)17-18-32-22-13-11-20(12-14-22)27(30)26-24-16-15-23(31-3)19-25(24)33-28(26)21-9-7-6-8-10-21/h6-16,19H,4-5,17-18H2,1-3H3. The third kappa shape index (κ3) is 5.10. The van der Waals surface area contributed by atoms with Gasteiger partial charge in [0.1, 0.15) is 18.1 Å². The predicted octanol–water partition coefficient (Wildman–Crippen LogP) is 6.53. The van der Waals surface area contributed by atoms with E-state index in [1.54, 1.807) is 18.4 Å². The highest BCUT2D eigenvalue weighted by Gasteiger charge is 2.22. The number of thiophene rings is 1. The zero-order valence-electron chi connectivity index (χ0n) is 19.3. The molecule has 0 N–H and O–H groups in total. The average molecular weight is 460 g/mol. The largest absolute Gasteiger partial charge is 0.497 e. The number of methoxy groups -OCH3 is 1. The number of nitrogens with zero attached hydrogens (tertiary/aromatic N) is 1. The van der Waals surface area contributed by atoms with Crippen molar-refractivity contribution in [3.63, 3.8) is 0 Å². The lowest BCUT2D eigenvalue weighted by molar-refractivity contribution is 0.104. The zero-order valence-corrected chi connectivity index (χ0v) is 20.2. The Balaban J connectivity index is 1.63. The molecule has 0 fully saturated rings. The molecule has 0 aliphatic rings. The number of ketones is 1. The normalized spacial score (nSPS) is 11.2. The molecule has 4 nitrogen and oxygen atoms in total. The molecular formula is C28H29NO3S. The van der Waals surface area contributed by atoms with Gasteiger partial charge in [-0.1, -0.05) is 44.2 Å². The number of likely N-dealkylation sites (N-methyl/N-ethyl adjacent to an activating group) is 1. The van der Waals surface area contributed by atoms with Crippen LogP contribution in [0.15, 0.2) is 72.8 Å². The number of carbonyl (C=O) groups is 1. The molecular weight excluding hydrogens is 430 g/mol. The fourth-order valence-electron chi connectivity index (χ4n) is 3.90. The molecule has 4 aromatic rings. The van der Waals surface area contributed by atoms with Crippen LogP contribution in [0.3, 0.4) is 0 Å². The van der Waals surface area contributed by atoms with Crippen LogP contribution in [0.2, 0.25) is 0 Å². The maximum Gasteiger partial charge on any atom is 0.195 e. The van der Waals surface area contributed by atoms with Gasteiger partial charge in [-0.25, -0.2) is 0 Å². The van der Waals surface area contributed by atoms with E-state index in [0.29, 0.717) is 12.2 Å². The zero-order chi connectivity index (χ0) is 23.2. The van der Waals surface area contributed by atoms with Gasteiger partial charge in [-0.2, -0.15) is 0 Å². The molecule has 0 atom stereocenters. The summed E-state index contributed by atoms with van der Waals surface area (Å²) in [4.78, 5) is 17.0. The highest BCUT2D eigenvalue weighted by molar-refractivity contribution is 7.22. The van der Waals surface area contributed by atoms with E-state index in [9.17, 15) is 4.79 Å². The van der Waals surface area contributed by atoms with Gasteiger partial charge in [0.2, 0.25) is 0 Å². The van der Waals surface area contributed by atoms with Crippen LogP contribution in [-0.2, 0) is 0 Å². The minimum Gasteiger partial charge on any atom is -0.497 e. The van der Waals surface area contributed by atoms with E-state index in [4.69, 9.17) is 9.47 Å². The van der Waals surface area contributed by atoms with Crippen molar-refractivity contribution < 1.29 is 14.3 Å². The highest BCUT2D eigenvalue weighted by atomic mass is 32.1. The molecule has 0 saturated carbocycles. The third-order valence-corrected chi connectivity index (χ3v) is 7.05. The molecule has 1 heterocycles. The summed E-state index contributed by atoms with van der Waals surface area (Å²) in [6.07, 6.45) is 0. The van der Waals surface area contributed by atoms with Gasteiger partial charge in [0, 0.05) is 32.6 Å². The molecule has 170 valence electrons. The lowest BCUT2D eigenvalue weighted by atomic mass is 9.97. The molecule has 0 radical (unpaired) electrons. The van der Waals surface area contributed by atoms with E-state index in [1.807, 2.05) is 72.8 Å². The summed E-state index contributed by atoms with van der Waals surface area (Å²) >= 11 is 1.62. The van der Waals surface area contributed by atoms with Gasteiger partial charge in [-0.15, -0.1) is 11.3 Å². The van der Waals surface area contributed by atoms with Crippen molar-refractivity contribution in [2.75, 3.05) is 33.4 Å². The third-order valence-electron chi connectivity index (χ3n) is 5.85. The maximum atomic E-state index is 13.7. The lowest BCUT2D eigenvalue weighted by Crippen LogP contribution is -2.27. The van der Waals surface area contributed by atoms with E-state index >= 15 is 0 Å². The minimum atomic E-state index is 0.0139. The molecule has 0 saturated heterocycles. The fraction of sp³-hybridized carbons (Fsp3) is 0.250. The Morgan fingerprint density at radius 2 is 1.61 bits per heavy atom. The number of carbonyl (C=O) groups excluding carboxylic acids is 1. The molecule has 1 aromatic heterocycles. The summed E-state index contributed by atoms with van der Waals surface area (Å²) in [5.41, 5.74) is 2.43. The van der Waals surface area contributed by atoms with Gasteiger partial charge in [-0.05, 0) is 61.1 Å². The Kier molecular flexibility index (Phi) is 7.43. The molecule has 5 heteroatoms. The topological polar surface area (TPSA) is 38.8 Å². The monoisotopic (exact) mass is 459 g/mol. The molecule has 0 aliphatic heterocycles. The number of ether oxygens (including phenoxy) is 2. The van der Waals surface area contributed by atoms with E-state index in [-0.39, 0.29) is 5.78 Å².